The van der Waals surface area contributed by atoms with Gasteiger partial charge in [0.05, 0.1) is 6.04 Å². The lowest BCUT2D eigenvalue weighted by Crippen LogP contribution is -2.60. The number of amides is 1. The predicted octanol–water partition coefficient (Wildman–Crippen LogP) is 4.70. The molecule has 0 unspecified atom stereocenters. The number of aromatic nitrogens is 1. The van der Waals surface area contributed by atoms with Gasteiger partial charge in [0.1, 0.15) is 18.5 Å². The molecule has 0 saturated heterocycles. The van der Waals surface area contributed by atoms with Gasteiger partial charge in [0.15, 0.2) is 11.4 Å². The number of aromatic hydroxyl groups is 1. The topological polar surface area (TPSA) is 65.8 Å². The monoisotopic (exact) mass is 519 g/mol. The molecule has 0 aliphatic carbocycles. The van der Waals surface area contributed by atoms with Gasteiger partial charge >= 0.3 is 6.18 Å². The fraction of sp³-hybridized carbons (Fsp3) is 0.280. The molecule has 2 aromatic carbocycles. The summed E-state index contributed by atoms with van der Waals surface area (Å²) in [7, 11) is 0. The average molecular weight is 520 g/mol. The highest BCUT2D eigenvalue weighted by molar-refractivity contribution is 7.98. The molecule has 3 aromatic rings. The van der Waals surface area contributed by atoms with E-state index in [0.29, 0.717) is 21.8 Å². The molecule has 0 spiro atoms. The Hall–Kier alpha value is -3.47. The molecule has 2 aliphatic heterocycles. The highest BCUT2D eigenvalue weighted by Gasteiger charge is 2.47. The van der Waals surface area contributed by atoms with Crippen molar-refractivity contribution in [3.05, 3.63) is 92.6 Å². The van der Waals surface area contributed by atoms with E-state index in [4.69, 9.17) is 0 Å². The number of hydrogen-bond acceptors (Lipinski definition) is 5. The SMILES string of the molecule is Cc1cn2c(c(O)c1=O)C(=O)N([C@H](C)C(F)(F)F)CN2[C@H]1c2ccc(F)cc2CSc2ccccc21. The fourth-order valence-corrected chi connectivity index (χ4v) is 5.75. The summed E-state index contributed by atoms with van der Waals surface area (Å²) in [4.78, 5) is 27.2. The number of alkyl halides is 3. The largest absolute Gasteiger partial charge is 0.502 e. The molecule has 1 aromatic heterocycles. The van der Waals surface area contributed by atoms with Crippen LogP contribution in [-0.4, -0.2) is 39.5 Å². The quantitative estimate of drug-likeness (QED) is 0.498. The van der Waals surface area contributed by atoms with Crippen molar-refractivity contribution in [2.75, 3.05) is 11.7 Å². The predicted molar refractivity (Wildman–Crippen MR) is 126 cm³/mol. The maximum absolute atomic E-state index is 14.2. The highest BCUT2D eigenvalue weighted by Crippen LogP contribution is 2.43. The molecule has 11 heteroatoms. The zero-order chi connectivity index (χ0) is 25.9. The van der Waals surface area contributed by atoms with E-state index in [0.717, 1.165) is 17.4 Å². The smallest absolute Gasteiger partial charge is 0.408 e. The molecular formula is C25H21F4N3O3S. The third kappa shape index (κ3) is 3.82. The van der Waals surface area contributed by atoms with Crippen LogP contribution in [0.5, 0.6) is 5.75 Å². The standard InChI is InChI=1S/C25H21F4N3O3S/c1-13-10-31-21(23(34)22(13)33)24(35)30(14(2)25(27,28)29)12-32(31)20-17-8-7-16(26)9-15(17)11-36-19-6-4-3-5-18(19)20/h3-10,14,20,34H,11-12H2,1-2H3/t14-,20+/m1/s1. The molecule has 6 nitrogen and oxygen atoms in total. The van der Waals surface area contributed by atoms with Crippen LogP contribution in [0.25, 0.3) is 0 Å². The third-order valence-corrected chi connectivity index (χ3v) is 7.75. The summed E-state index contributed by atoms with van der Waals surface area (Å²) in [5.74, 6) is -2.05. The van der Waals surface area contributed by atoms with E-state index in [1.165, 1.54) is 46.7 Å². The molecule has 188 valence electrons. The van der Waals surface area contributed by atoms with Crippen LogP contribution in [0.15, 0.2) is 58.4 Å². The number of rotatable bonds is 2. The Morgan fingerprint density at radius 3 is 2.56 bits per heavy atom. The van der Waals surface area contributed by atoms with Crippen LogP contribution in [0.4, 0.5) is 17.6 Å². The van der Waals surface area contributed by atoms with E-state index in [2.05, 4.69) is 0 Å². The summed E-state index contributed by atoms with van der Waals surface area (Å²) in [6.45, 7) is 1.81. The van der Waals surface area contributed by atoms with E-state index in [1.54, 1.807) is 12.1 Å². The van der Waals surface area contributed by atoms with Crippen molar-refractivity contribution in [2.45, 2.75) is 42.8 Å². The number of benzene rings is 2. The first-order valence-electron chi connectivity index (χ1n) is 11.1. The number of aryl methyl sites for hydroxylation is 1. The molecule has 1 amide bonds. The number of pyridine rings is 1. The molecule has 0 bridgehead atoms. The van der Waals surface area contributed by atoms with Gasteiger partial charge in [-0.15, -0.1) is 11.8 Å². The number of carbonyl (C=O) groups excluding carboxylic acids is 1. The minimum absolute atomic E-state index is 0.113. The van der Waals surface area contributed by atoms with Crippen LogP contribution in [0, 0.1) is 12.7 Å². The Morgan fingerprint density at radius 2 is 1.83 bits per heavy atom. The van der Waals surface area contributed by atoms with Crippen LogP contribution in [0.2, 0.25) is 0 Å². The van der Waals surface area contributed by atoms with Crippen molar-refractivity contribution in [2.24, 2.45) is 0 Å². The first-order chi connectivity index (χ1) is 17.0. The summed E-state index contributed by atoms with van der Waals surface area (Å²) in [6.07, 6.45) is -3.41. The van der Waals surface area contributed by atoms with Crippen molar-refractivity contribution in [1.29, 1.82) is 0 Å². The van der Waals surface area contributed by atoms with Crippen LogP contribution in [0.3, 0.4) is 0 Å². The Morgan fingerprint density at radius 1 is 1.11 bits per heavy atom. The second-order valence-electron chi connectivity index (χ2n) is 8.83. The summed E-state index contributed by atoms with van der Waals surface area (Å²) in [5.41, 5.74) is 0.758. The zero-order valence-electron chi connectivity index (χ0n) is 19.2. The van der Waals surface area contributed by atoms with Gasteiger partial charge in [-0.25, -0.2) is 4.39 Å². The van der Waals surface area contributed by atoms with Gasteiger partial charge in [-0.3, -0.25) is 19.3 Å². The van der Waals surface area contributed by atoms with Crippen LogP contribution in [-0.2, 0) is 5.75 Å². The van der Waals surface area contributed by atoms with Crippen molar-refractivity contribution < 1.29 is 27.5 Å². The van der Waals surface area contributed by atoms with Gasteiger partial charge in [0.2, 0.25) is 5.43 Å². The molecule has 0 radical (unpaired) electrons. The number of thioether (sulfide) groups is 1. The Labute approximate surface area is 207 Å². The van der Waals surface area contributed by atoms with Crippen molar-refractivity contribution in [1.82, 2.24) is 9.58 Å². The first-order valence-corrected chi connectivity index (χ1v) is 12.1. The summed E-state index contributed by atoms with van der Waals surface area (Å²) < 4.78 is 56.8. The lowest BCUT2D eigenvalue weighted by molar-refractivity contribution is -0.173. The van der Waals surface area contributed by atoms with Gasteiger partial charge in [0.25, 0.3) is 5.91 Å². The second-order valence-corrected chi connectivity index (χ2v) is 9.85. The third-order valence-electron chi connectivity index (χ3n) is 6.62. The van der Waals surface area contributed by atoms with E-state index < -0.39 is 53.5 Å². The van der Waals surface area contributed by atoms with Gasteiger partial charge in [-0.1, -0.05) is 24.3 Å². The van der Waals surface area contributed by atoms with E-state index >= 15 is 0 Å². The Bertz CT molecular complexity index is 1440. The van der Waals surface area contributed by atoms with Crippen molar-refractivity contribution in [3.63, 3.8) is 0 Å². The average Bonchev–Trinajstić information content (AvgIpc) is 2.98. The maximum Gasteiger partial charge on any atom is 0.408 e. The normalized spacial score (nSPS) is 18.3. The summed E-state index contributed by atoms with van der Waals surface area (Å²) in [5, 5.41) is 12.2. The molecule has 0 saturated carbocycles. The Kier molecular flexibility index (Phi) is 5.77. The van der Waals surface area contributed by atoms with Gasteiger partial charge in [-0.05, 0) is 48.7 Å². The number of nitrogens with zero attached hydrogens (tertiary/aromatic N) is 3. The number of fused-ring (bicyclic) bond motifs is 3. The first kappa shape index (κ1) is 24.2. The molecule has 5 rings (SSSR count). The lowest BCUT2D eigenvalue weighted by atomic mass is 9.94. The summed E-state index contributed by atoms with van der Waals surface area (Å²) in [6, 6.07) is 8.64. The molecular weight excluding hydrogens is 498 g/mol. The molecule has 2 atom stereocenters. The fourth-order valence-electron chi connectivity index (χ4n) is 4.66. The van der Waals surface area contributed by atoms with E-state index in [1.807, 2.05) is 18.2 Å². The van der Waals surface area contributed by atoms with Gasteiger partial charge in [-0.2, -0.15) is 13.2 Å². The van der Waals surface area contributed by atoms with Gasteiger partial charge in [0, 0.05) is 22.4 Å². The number of hydrogen-bond donors (Lipinski definition) is 1. The Balaban J connectivity index is 1.80. The molecule has 0 fully saturated rings. The van der Waals surface area contributed by atoms with Gasteiger partial charge < -0.3 is 10.0 Å². The van der Waals surface area contributed by atoms with E-state index in [-0.39, 0.29) is 5.56 Å². The van der Waals surface area contributed by atoms with Crippen LogP contribution >= 0.6 is 11.8 Å². The molecule has 1 N–H and O–H groups in total. The second kappa shape index (κ2) is 8.58. The molecule has 36 heavy (non-hydrogen) atoms. The number of carbonyl (C=O) groups is 1. The van der Waals surface area contributed by atoms with Crippen LogP contribution < -0.4 is 10.4 Å². The minimum atomic E-state index is -4.75. The minimum Gasteiger partial charge on any atom is -0.502 e. The molecule has 2 aliphatic rings. The number of halogens is 4. The zero-order valence-corrected chi connectivity index (χ0v) is 20.0. The maximum atomic E-state index is 14.2. The lowest BCUT2D eigenvalue weighted by Gasteiger charge is -2.46. The molecule has 3 heterocycles. The van der Waals surface area contributed by atoms with E-state index in [9.17, 15) is 32.3 Å². The summed E-state index contributed by atoms with van der Waals surface area (Å²) >= 11 is 1.47. The van der Waals surface area contributed by atoms with Crippen molar-refractivity contribution in [3.8, 4) is 5.75 Å². The van der Waals surface area contributed by atoms with Crippen molar-refractivity contribution >= 4 is 17.7 Å². The highest BCUT2D eigenvalue weighted by atomic mass is 32.2. The van der Waals surface area contributed by atoms with Crippen LogP contribution in [0.1, 0.15) is 45.7 Å².